The van der Waals surface area contributed by atoms with E-state index >= 15 is 0 Å². The molecule has 1 saturated carbocycles. The van der Waals surface area contributed by atoms with E-state index in [2.05, 4.69) is 11.0 Å². The second kappa shape index (κ2) is 9.29. The van der Waals surface area contributed by atoms with Gasteiger partial charge in [0.25, 0.3) is 0 Å². The van der Waals surface area contributed by atoms with Gasteiger partial charge in [0, 0.05) is 6.42 Å². The highest BCUT2D eigenvalue weighted by Crippen LogP contribution is 2.40. The van der Waals surface area contributed by atoms with Gasteiger partial charge >= 0.3 is 5.97 Å². The standard InChI is InChI=1S/C22H30N2O4/c1-27-19-9-8-17(15-20(19)28-18-5-2-3-6-18)22(16-23)10-13-24(14-11-22)12-4-7-21(25)26/h8-9,15,18H,2-7,10-14H2,1H3,(H,25,26). The molecule has 1 aliphatic heterocycles. The smallest absolute Gasteiger partial charge is 0.303 e. The van der Waals surface area contributed by atoms with E-state index in [4.69, 9.17) is 14.6 Å². The molecule has 0 bridgehead atoms. The van der Waals surface area contributed by atoms with E-state index in [-0.39, 0.29) is 12.5 Å². The summed E-state index contributed by atoms with van der Waals surface area (Å²) < 4.78 is 11.7. The molecule has 1 N–H and O–H groups in total. The van der Waals surface area contributed by atoms with Crippen molar-refractivity contribution in [3.8, 4) is 17.6 Å². The lowest BCUT2D eigenvalue weighted by molar-refractivity contribution is -0.137. The molecule has 0 unspecified atom stereocenters. The molecule has 152 valence electrons. The fourth-order valence-corrected chi connectivity index (χ4v) is 4.33. The zero-order valence-corrected chi connectivity index (χ0v) is 16.7. The van der Waals surface area contributed by atoms with E-state index < -0.39 is 11.4 Å². The number of nitrogens with zero attached hydrogens (tertiary/aromatic N) is 2. The lowest BCUT2D eigenvalue weighted by Crippen LogP contribution is -2.42. The zero-order valence-electron chi connectivity index (χ0n) is 16.7. The number of carbonyl (C=O) groups is 1. The van der Waals surface area contributed by atoms with Gasteiger partial charge in [-0.3, -0.25) is 4.79 Å². The largest absolute Gasteiger partial charge is 0.493 e. The molecule has 6 nitrogen and oxygen atoms in total. The number of rotatable bonds is 8. The Balaban J connectivity index is 1.70. The van der Waals surface area contributed by atoms with E-state index in [0.717, 1.165) is 62.4 Å². The van der Waals surface area contributed by atoms with Gasteiger partial charge in [-0.15, -0.1) is 0 Å². The van der Waals surface area contributed by atoms with Crippen LogP contribution >= 0.6 is 0 Å². The van der Waals surface area contributed by atoms with Crippen LogP contribution in [0.4, 0.5) is 0 Å². The maximum atomic E-state index is 10.7. The van der Waals surface area contributed by atoms with Crippen LogP contribution in [0.2, 0.25) is 0 Å². The highest BCUT2D eigenvalue weighted by Gasteiger charge is 2.37. The first-order valence-electron chi connectivity index (χ1n) is 10.3. The molecule has 0 atom stereocenters. The molecule has 1 aromatic carbocycles. The first-order valence-corrected chi connectivity index (χ1v) is 10.3. The first-order chi connectivity index (χ1) is 13.6. The van der Waals surface area contributed by atoms with Crippen molar-refractivity contribution >= 4 is 5.97 Å². The monoisotopic (exact) mass is 386 g/mol. The molecule has 2 fully saturated rings. The van der Waals surface area contributed by atoms with Crippen molar-refractivity contribution in [1.82, 2.24) is 4.90 Å². The fraction of sp³-hybridized carbons (Fsp3) is 0.636. The Morgan fingerprint density at radius 1 is 1.29 bits per heavy atom. The van der Waals surface area contributed by atoms with Crippen molar-refractivity contribution in [2.45, 2.75) is 62.9 Å². The van der Waals surface area contributed by atoms with Gasteiger partial charge in [-0.25, -0.2) is 0 Å². The number of piperidine rings is 1. The van der Waals surface area contributed by atoms with Crippen molar-refractivity contribution in [3.63, 3.8) is 0 Å². The summed E-state index contributed by atoms with van der Waals surface area (Å²) in [4.78, 5) is 13.0. The van der Waals surface area contributed by atoms with Crippen molar-refractivity contribution in [2.75, 3.05) is 26.7 Å². The Hall–Kier alpha value is -2.26. The molecular formula is C22H30N2O4. The summed E-state index contributed by atoms with van der Waals surface area (Å²) in [6.07, 6.45) is 7.11. The third-order valence-electron chi connectivity index (χ3n) is 6.10. The number of ether oxygens (including phenoxy) is 2. The summed E-state index contributed by atoms with van der Waals surface area (Å²) in [5.41, 5.74) is 0.470. The average molecular weight is 386 g/mol. The van der Waals surface area contributed by atoms with E-state index in [0.29, 0.717) is 6.42 Å². The normalized spacial score (nSPS) is 19.9. The summed E-state index contributed by atoms with van der Waals surface area (Å²) in [6, 6.07) is 8.47. The molecule has 2 aliphatic rings. The van der Waals surface area contributed by atoms with Crippen LogP contribution in [-0.4, -0.2) is 48.8 Å². The Morgan fingerprint density at radius 2 is 2.00 bits per heavy atom. The summed E-state index contributed by atoms with van der Waals surface area (Å²) in [5.74, 6) is 0.705. The molecule has 1 aliphatic carbocycles. The van der Waals surface area contributed by atoms with E-state index in [1.807, 2.05) is 18.2 Å². The lowest BCUT2D eigenvalue weighted by atomic mass is 9.74. The SMILES string of the molecule is COc1ccc(C2(C#N)CCN(CCCC(=O)O)CC2)cc1OC1CCCC1. The first kappa shape index (κ1) is 20.5. The van der Waals surface area contributed by atoms with Gasteiger partial charge in [-0.05, 0) is 82.3 Å². The van der Waals surface area contributed by atoms with Crippen molar-refractivity contribution < 1.29 is 19.4 Å². The van der Waals surface area contributed by atoms with E-state index in [1.54, 1.807) is 7.11 Å². The van der Waals surface area contributed by atoms with Crippen molar-refractivity contribution in [1.29, 1.82) is 5.26 Å². The maximum Gasteiger partial charge on any atom is 0.303 e. The van der Waals surface area contributed by atoms with Gasteiger partial charge < -0.3 is 19.5 Å². The number of methoxy groups -OCH3 is 1. The number of hydrogen-bond acceptors (Lipinski definition) is 5. The number of aliphatic carboxylic acids is 1. The minimum absolute atomic E-state index is 0.195. The Labute approximate surface area is 167 Å². The summed E-state index contributed by atoms with van der Waals surface area (Å²) in [6.45, 7) is 2.38. The topological polar surface area (TPSA) is 82.8 Å². The predicted molar refractivity (Wildman–Crippen MR) is 106 cm³/mol. The van der Waals surface area contributed by atoms with Crippen molar-refractivity contribution in [3.05, 3.63) is 23.8 Å². The summed E-state index contributed by atoms with van der Waals surface area (Å²) in [5, 5.41) is 18.8. The molecular weight excluding hydrogens is 356 g/mol. The van der Waals surface area contributed by atoms with E-state index in [1.165, 1.54) is 12.8 Å². The number of nitriles is 1. The minimum Gasteiger partial charge on any atom is -0.493 e. The van der Waals surface area contributed by atoms with Gasteiger partial charge in [0.15, 0.2) is 11.5 Å². The van der Waals surface area contributed by atoms with Crippen LogP contribution in [0.3, 0.4) is 0 Å². The van der Waals surface area contributed by atoms with Gasteiger partial charge in [-0.1, -0.05) is 6.07 Å². The fourth-order valence-electron chi connectivity index (χ4n) is 4.33. The highest BCUT2D eigenvalue weighted by atomic mass is 16.5. The number of likely N-dealkylation sites (tertiary alicyclic amines) is 1. The van der Waals surface area contributed by atoms with Crippen molar-refractivity contribution in [2.24, 2.45) is 0 Å². The molecule has 0 aromatic heterocycles. The number of hydrogen-bond donors (Lipinski definition) is 1. The van der Waals surface area contributed by atoms with Crippen LogP contribution in [0.1, 0.15) is 56.9 Å². The second-order valence-electron chi connectivity index (χ2n) is 7.92. The molecule has 0 spiro atoms. The summed E-state index contributed by atoms with van der Waals surface area (Å²) >= 11 is 0. The molecule has 0 radical (unpaired) electrons. The predicted octanol–water partition coefficient (Wildman–Crippen LogP) is 3.74. The third kappa shape index (κ3) is 4.77. The van der Waals surface area contributed by atoms with Gasteiger partial charge in [0.2, 0.25) is 0 Å². The third-order valence-corrected chi connectivity index (χ3v) is 6.10. The quantitative estimate of drug-likeness (QED) is 0.733. The van der Waals surface area contributed by atoms with Crippen LogP contribution < -0.4 is 9.47 Å². The van der Waals surface area contributed by atoms with Crippen LogP contribution in [0.25, 0.3) is 0 Å². The Bertz CT molecular complexity index is 714. The Morgan fingerprint density at radius 3 is 2.61 bits per heavy atom. The molecule has 6 heteroatoms. The Kier molecular flexibility index (Phi) is 6.79. The molecule has 1 aromatic rings. The molecule has 28 heavy (non-hydrogen) atoms. The van der Waals surface area contributed by atoms with Gasteiger partial charge in [0.1, 0.15) is 0 Å². The molecule has 3 rings (SSSR count). The van der Waals surface area contributed by atoms with E-state index in [9.17, 15) is 10.1 Å². The molecule has 1 heterocycles. The maximum absolute atomic E-state index is 10.7. The number of carboxylic acids is 1. The number of carboxylic acid groups (broad SMARTS) is 1. The second-order valence-corrected chi connectivity index (χ2v) is 7.92. The zero-order chi connectivity index (χ0) is 20.0. The van der Waals surface area contributed by atoms with Crippen LogP contribution in [-0.2, 0) is 10.2 Å². The highest BCUT2D eigenvalue weighted by molar-refractivity contribution is 5.66. The average Bonchev–Trinajstić information content (AvgIpc) is 3.21. The van der Waals surface area contributed by atoms with Crippen LogP contribution in [0, 0.1) is 11.3 Å². The van der Waals surface area contributed by atoms with Gasteiger partial charge in [0.05, 0.1) is 24.7 Å². The lowest BCUT2D eigenvalue weighted by Gasteiger charge is -2.37. The van der Waals surface area contributed by atoms with Gasteiger partial charge in [-0.2, -0.15) is 5.26 Å². The summed E-state index contributed by atoms with van der Waals surface area (Å²) in [7, 11) is 1.65. The molecule has 0 amide bonds. The minimum atomic E-state index is -0.753. The molecule has 1 saturated heterocycles. The van der Waals surface area contributed by atoms with Crippen LogP contribution in [0.15, 0.2) is 18.2 Å². The number of benzene rings is 1. The van der Waals surface area contributed by atoms with Crippen LogP contribution in [0.5, 0.6) is 11.5 Å².